The second-order valence-electron chi connectivity index (χ2n) is 7.08. The first-order chi connectivity index (χ1) is 12.0. The fraction of sp³-hybridized carbons (Fsp3) is 0.688. The summed E-state index contributed by atoms with van der Waals surface area (Å²) in [6.07, 6.45) is 7.14. The molecule has 1 saturated heterocycles. The molecule has 2 aromatic heterocycles. The number of nitrogens with zero attached hydrogens (tertiary/aromatic N) is 6. The van der Waals surface area contributed by atoms with Crippen LogP contribution in [0.15, 0.2) is 12.4 Å². The van der Waals surface area contributed by atoms with E-state index in [9.17, 15) is 8.42 Å². The molecule has 4 rings (SSSR count). The zero-order valence-corrected chi connectivity index (χ0v) is 15.5. The van der Waals surface area contributed by atoms with E-state index >= 15 is 0 Å². The van der Waals surface area contributed by atoms with Gasteiger partial charge in [-0.25, -0.2) is 17.7 Å². The van der Waals surface area contributed by atoms with E-state index in [-0.39, 0.29) is 11.2 Å². The molecular weight excluding hydrogens is 340 g/mol. The molecule has 1 aliphatic carbocycles. The summed E-state index contributed by atoms with van der Waals surface area (Å²) in [5, 5.41) is 8.57. The molecule has 0 bridgehead atoms. The molecule has 1 aliphatic heterocycles. The zero-order chi connectivity index (χ0) is 17.6. The summed E-state index contributed by atoms with van der Waals surface area (Å²) in [5.74, 6) is 2.78. The first-order valence-electron chi connectivity index (χ1n) is 8.81. The predicted octanol–water partition coefficient (Wildman–Crippen LogP) is 1.04. The van der Waals surface area contributed by atoms with Crippen molar-refractivity contribution in [3.05, 3.63) is 29.9 Å². The Morgan fingerprint density at radius 2 is 2.04 bits per heavy atom. The normalized spacial score (nSPS) is 22.4. The Morgan fingerprint density at radius 3 is 2.72 bits per heavy atom. The summed E-state index contributed by atoms with van der Waals surface area (Å²) >= 11 is 0. The number of imidazole rings is 1. The lowest BCUT2D eigenvalue weighted by molar-refractivity contribution is 0.305. The minimum absolute atomic E-state index is 0.109. The third-order valence-electron chi connectivity index (χ3n) is 5.29. The van der Waals surface area contributed by atoms with Gasteiger partial charge in [0.05, 0.1) is 11.8 Å². The summed E-state index contributed by atoms with van der Waals surface area (Å²) in [5.41, 5.74) is 0. The number of aryl methyl sites for hydroxylation is 1. The second kappa shape index (κ2) is 6.21. The monoisotopic (exact) mass is 364 g/mol. The first-order valence-corrected chi connectivity index (χ1v) is 10.3. The van der Waals surface area contributed by atoms with E-state index in [2.05, 4.69) is 15.2 Å². The molecule has 25 heavy (non-hydrogen) atoms. The Labute approximate surface area is 147 Å². The van der Waals surface area contributed by atoms with Crippen molar-refractivity contribution in [2.45, 2.75) is 50.3 Å². The summed E-state index contributed by atoms with van der Waals surface area (Å²) in [7, 11) is -1.16. The lowest BCUT2D eigenvalue weighted by atomic mass is 9.99. The molecule has 3 heterocycles. The highest BCUT2D eigenvalue weighted by Crippen LogP contribution is 2.35. The average Bonchev–Trinajstić information content (AvgIpc) is 3.31. The van der Waals surface area contributed by atoms with Gasteiger partial charge in [0, 0.05) is 38.4 Å². The lowest BCUT2D eigenvalue weighted by Gasteiger charge is -2.31. The summed E-state index contributed by atoms with van der Waals surface area (Å²) in [4.78, 5) is 4.23. The van der Waals surface area contributed by atoms with Crippen LogP contribution in [0.4, 0.5) is 0 Å². The summed E-state index contributed by atoms with van der Waals surface area (Å²) < 4.78 is 30.8. The molecule has 2 aliphatic rings. The van der Waals surface area contributed by atoms with Crippen LogP contribution in [0.25, 0.3) is 0 Å². The van der Waals surface area contributed by atoms with Crippen molar-refractivity contribution >= 4 is 10.0 Å². The second-order valence-corrected chi connectivity index (χ2v) is 9.29. The Morgan fingerprint density at radius 1 is 1.24 bits per heavy atom. The average molecular weight is 364 g/mol. The minimum atomic E-state index is -3.12. The molecule has 1 saturated carbocycles. The zero-order valence-electron chi connectivity index (χ0n) is 14.7. The van der Waals surface area contributed by atoms with Gasteiger partial charge in [0.2, 0.25) is 10.0 Å². The van der Waals surface area contributed by atoms with Gasteiger partial charge in [-0.3, -0.25) is 0 Å². The Bertz CT molecular complexity index is 867. The van der Waals surface area contributed by atoms with E-state index in [1.54, 1.807) is 10.5 Å². The van der Waals surface area contributed by atoms with Gasteiger partial charge in [0.15, 0.2) is 5.82 Å². The molecule has 9 heteroatoms. The van der Waals surface area contributed by atoms with Crippen molar-refractivity contribution < 1.29 is 8.42 Å². The third kappa shape index (κ3) is 3.10. The Hall–Kier alpha value is -1.74. The molecule has 0 radical (unpaired) electrons. The van der Waals surface area contributed by atoms with Crippen LogP contribution in [0.2, 0.25) is 0 Å². The van der Waals surface area contributed by atoms with Gasteiger partial charge in [-0.1, -0.05) is 0 Å². The fourth-order valence-corrected chi connectivity index (χ4v) is 5.48. The van der Waals surface area contributed by atoms with E-state index in [0.717, 1.165) is 43.2 Å². The van der Waals surface area contributed by atoms with Gasteiger partial charge in [-0.2, -0.15) is 0 Å². The van der Waals surface area contributed by atoms with Crippen molar-refractivity contribution in [2.24, 2.45) is 7.05 Å². The van der Waals surface area contributed by atoms with Crippen molar-refractivity contribution in [3.63, 3.8) is 0 Å². The third-order valence-corrected chi connectivity index (χ3v) is 7.65. The number of hydrogen-bond donors (Lipinski definition) is 0. The van der Waals surface area contributed by atoms with Crippen LogP contribution < -0.4 is 0 Å². The van der Waals surface area contributed by atoms with Gasteiger partial charge in [-0.15, -0.1) is 10.2 Å². The molecule has 8 nitrogen and oxygen atoms in total. The van der Waals surface area contributed by atoms with Crippen LogP contribution >= 0.6 is 0 Å². The number of aromatic nitrogens is 5. The lowest BCUT2D eigenvalue weighted by Crippen LogP contribution is -2.41. The van der Waals surface area contributed by atoms with E-state index in [1.165, 1.54) is 0 Å². The van der Waals surface area contributed by atoms with Crippen LogP contribution in [-0.2, 0) is 23.6 Å². The molecule has 0 unspecified atom stereocenters. The smallest absolute Gasteiger partial charge is 0.217 e. The summed E-state index contributed by atoms with van der Waals surface area (Å²) in [6.45, 7) is 3.73. The maximum absolute atomic E-state index is 12.5. The number of piperidine rings is 1. The number of sulfonamides is 1. The highest BCUT2D eigenvalue weighted by atomic mass is 32.2. The molecular formula is C16H24N6O2S. The van der Waals surface area contributed by atoms with E-state index in [0.29, 0.717) is 19.6 Å². The number of hydrogen-bond acceptors (Lipinski definition) is 5. The molecule has 2 fully saturated rings. The molecule has 136 valence electrons. The van der Waals surface area contributed by atoms with Gasteiger partial charge in [0.1, 0.15) is 11.6 Å². The summed E-state index contributed by atoms with van der Waals surface area (Å²) in [6, 6.07) is 0. The maximum Gasteiger partial charge on any atom is 0.217 e. The van der Waals surface area contributed by atoms with Crippen molar-refractivity contribution in [1.29, 1.82) is 0 Å². The molecule has 2 aromatic rings. The van der Waals surface area contributed by atoms with Gasteiger partial charge >= 0.3 is 0 Å². The largest absolute Gasteiger partial charge is 0.328 e. The molecule has 0 spiro atoms. The highest BCUT2D eigenvalue weighted by molar-refractivity contribution is 7.90. The standard InChI is InChI=1S/C16H24N6O2S/c1-12-17-7-9-21(12)11-15-18-19-16(20(15)2)13-4-3-8-22(10-13)25(23,24)14-5-6-14/h7,9,13-14H,3-6,8,10-11H2,1-2H3/t13-/m0/s1. The van der Waals surface area contributed by atoms with Crippen molar-refractivity contribution in [2.75, 3.05) is 13.1 Å². The topological polar surface area (TPSA) is 85.9 Å². The van der Waals surface area contributed by atoms with E-state index in [4.69, 9.17) is 0 Å². The van der Waals surface area contributed by atoms with Gasteiger partial charge in [0.25, 0.3) is 0 Å². The minimum Gasteiger partial charge on any atom is -0.328 e. The first kappa shape index (κ1) is 16.7. The molecule has 0 N–H and O–H groups in total. The van der Waals surface area contributed by atoms with Gasteiger partial charge < -0.3 is 9.13 Å². The Balaban J connectivity index is 1.52. The van der Waals surface area contributed by atoms with Crippen LogP contribution in [0, 0.1) is 6.92 Å². The molecule has 1 atom stereocenters. The van der Waals surface area contributed by atoms with Crippen LogP contribution in [-0.4, -0.2) is 55.4 Å². The quantitative estimate of drug-likeness (QED) is 0.791. The molecule has 0 amide bonds. The van der Waals surface area contributed by atoms with E-state index in [1.807, 2.05) is 29.3 Å². The van der Waals surface area contributed by atoms with Gasteiger partial charge in [-0.05, 0) is 32.6 Å². The highest BCUT2D eigenvalue weighted by Gasteiger charge is 2.42. The number of rotatable bonds is 5. The molecule has 0 aromatic carbocycles. The Kier molecular flexibility index (Phi) is 4.15. The maximum atomic E-state index is 12.5. The van der Waals surface area contributed by atoms with Crippen molar-refractivity contribution in [3.8, 4) is 0 Å². The van der Waals surface area contributed by atoms with Crippen molar-refractivity contribution in [1.82, 2.24) is 28.6 Å². The SMILES string of the molecule is Cc1nccn1Cc1nnc([C@H]2CCCN(S(=O)(=O)C3CC3)C2)n1C. The van der Waals surface area contributed by atoms with E-state index < -0.39 is 10.0 Å². The van der Waals surface area contributed by atoms with Crippen LogP contribution in [0.3, 0.4) is 0 Å². The predicted molar refractivity (Wildman–Crippen MR) is 92.6 cm³/mol. The van der Waals surface area contributed by atoms with Crippen LogP contribution in [0.5, 0.6) is 0 Å². The fourth-order valence-electron chi connectivity index (χ4n) is 3.55. The van der Waals surface area contributed by atoms with Crippen LogP contribution in [0.1, 0.15) is 49.1 Å².